The zero-order valence-electron chi connectivity index (χ0n) is 17.5. The minimum atomic E-state index is -0.741. The van der Waals surface area contributed by atoms with Crippen LogP contribution in [-0.2, 0) is 22.4 Å². The van der Waals surface area contributed by atoms with E-state index in [9.17, 15) is 9.59 Å². The van der Waals surface area contributed by atoms with Gasteiger partial charge in [0.25, 0.3) is 0 Å². The number of fused-ring (bicyclic) bond motifs is 2. The highest BCUT2D eigenvalue weighted by Gasteiger charge is 2.29. The minimum Gasteiger partial charge on any atom is -0.324 e. The molecule has 0 radical (unpaired) electrons. The van der Waals surface area contributed by atoms with E-state index in [-0.39, 0.29) is 18.2 Å². The summed E-state index contributed by atoms with van der Waals surface area (Å²) >= 11 is 18.9. The topological polar surface area (TPSA) is 61.8 Å². The molecule has 1 unspecified atom stereocenters. The van der Waals surface area contributed by atoms with Crippen molar-refractivity contribution in [2.45, 2.75) is 18.9 Å². The maximum Gasteiger partial charge on any atom is 0.249 e. The standard InChI is InChI=1S/C25H18Cl3N3O2/c1-31-21-10-15(6-5-13(21)11-22(31)32)24-17-12-16(26)7-8-19(17)30-25(33)20(29-24)9-14-3-2-4-18(27)23(14)28/h2-8,10,12,20H,9,11H2,1H3,(H,30,33). The van der Waals surface area contributed by atoms with Gasteiger partial charge in [-0.2, -0.15) is 0 Å². The predicted molar refractivity (Wildman–Crippen MR) is 133 cm³/mol. The lowest BCUT2D eigenvalue weighted by Crippen LogP contribution is -2.27. The fourth-order valence-electron chi connectivity index (χ4n) is 4.19. The second-order valence-corrected chi connectivity index (χ2v) is 9.28. The molecule has 0 aliphatic carbocycles. The molecule has 2 aliphatic heterocycles. The SMILES string of the molecule is CN1C(=O)Cc2ccc(C3=NC(Cc4cccc(Cl)c4Cl)C(=O)Nc4ccc(Cl)cc43)cc21. The van der Waals surface area contributed by atoms with Crippen molar-refractivity contribution >= 4 is 63.7 Å². The number of nitrogens with zero attached hydrogens (tertiary/aromatic N) is 2. The molecule has 0 aromatic heterocycles. The zero-order valence-corrected chi connectivity index (χ0v) is 19.8. The van der Waals surface area contributed by atoms with Gasteiger partial charge in [0.15, 0.2) is 0 Å². The molecule has 8 heteroatoms. The van der Waals surface area contributed by atoms with Crippen molar-refractivity contribution < 1.29 is 9.59 Å². The van der Waals surface area contributed by atoms with E-state index in [0.717, 1.165) is 22.4 Å². The number of halogens is 3. The number of benzene rings is 3. The van der Waals surface area contributed by atoms with Crippen LogP contribution in [0.2, 0.25) is 15.1 Å². The second kappa shape index (κ2) is 8.49. The van der Waals surface area contributed by atoms with Gasteiger partial charge < -0.3 is 10.2 Å². The van der Waals surface area contributed by atoms with E-state index in [1.807, 2.05) is 24.3 Å². The van der Waals surface area contributed by atoms with Crippen LogP contribution in [0.3, 0.4) is 0 Å². The fraction of sp³-hybridized carbons (Fsp3) is 0.160. The van der Waals surface area contributed by atoms with Crippen molar-refractivity contribution in [1.29, 1.82) is 0 Å². The monoisotopic (exact) mass is 497 g/mol. The number of benzodiazepines with no additional fused rings is 1. The highest BCUT2D eigenvalue weighted by atomic mass is 35.5. The Kier molecular flexibility index (Phi) is 5.65. The minimum absolute atomic E-state index is 0.0405. The van der Waals surface area contributed by atoms with Crippen molar-refractivity contribution in [3.8, 4) is 0 Å². The molecule has 0 bridgehead atoms. The van der Waals surface area contributed by atoms with Crippen LogP contribution in [0.25, 0.3) is 0 Å². The molecular weight excluding hydrogens is 481 g/mol. The maximum absolute atomic E-state index is 13.1. The summed E-state index contributed by atoms with van der Waals surface area (Å²) in [5.74, 6) is -0.211. The third kappa shape index (κ3) is 4.01. The first-order valence-electron chi connectivity index (χ1n) is 10.3. The van der Waals surface area contributed by atoms with Crippen LogP contribution < -0.4 is 10.2 Å². The van der Waals surface area contributed by atoms with Gasteiger partial charge in [0.05, 0.1) is 27.9 Å². The molecule has 1 N–H and O–H groups in total. The second-order valence-electron chi connectivity index (χ2n) is 8.06. The van der Waals surface area contributed by atoms with Crippen LogP contribution in [0.5, 0.6) is 0 Å². The Balaban J connectivity index is 1.65. The number of carbonyl (C=O) groups is 2. The van der Waals surface area contributed by atoms with Gasteiger partial charge >= 0.3 is 0 Å². The lowest BCUT2D eigenvalue weighted by Gasteiger charge is -2.15. The number of carbonyl (C=O) groups excluding carboxylic acids is 2. The van der Waals surface area contributed by atoms with E-state index in [1.165, 1.54) is 0 Å². The smallest absolute Gasteiger partial charge is 0.249 e. The van der Waals surface area contributed by atoms with Crippen LogP contribution >= 0.6 is 34.8 Å². The number of hydrogen-bond donors (Lipinski definition) is 1. The van der Waals surface area contributed by atoms with E-state index >= 15 is 0 Å². The molecule has 33 heavy (non-hydrogen) atoms. The Morgan fingerprint density at radius 2 is 1.88 bits per heavy atom. The Hall–Kier alpha value is -2.86. The Morgan fingerprint density at radius 3 is 2.70 bits per heavy atom. The first-order valence-corrected chi connectivity index (χ1v) is 11.5. The van der Waals surface area contributed by atoms with Crippen LogP contribution in [0, 0.1) is 0 Å². The molecule has 0 saturated carbocycles. The van der Waals surface area contributed by atoms with Gasteiger partial charge in [-0.3, -0.25) is 14.6 Å². The summed E-state index contributed by atoms with van der Waals surface area (Å²) in [6, 6.07) is 15.7. The number of nitrogens with one attached hydrogen (secondary N) is 1. The van der Waals surface area contributed by atoms with Crippen molar-refractivity contribution in [2.24, 2.45) is 4.99 Å². The van der Waals surface area contributed by atoms with Gasteiger partial charge in [-0.1, -0.05) is 59.1 Å². The van der Waals surface area contributed by atoms with Gasteiger partial charge in [-0.25, -0.2) is 0 Å². The predicted octanol–water partition coefficient (Wildman–Crippen LogP) is 5.57. The van der Waals surface area contributed by atoms with Gasteiger partial charge in [-0.15, -0.1) is 0 Å². The molecule has 5 nitrogen and oxygen atoms in total. The van der Waals surface area contributed by atoms with Gasteiger partial charge in [0.2, 0.25) is 11.8 Å². The van der Waals surface area contributed by atoms with E-state index in [0.29, 0.717) is 38.5 Å². The lowest BCUT2D eigenvalue weighted by atomic mass is 9.98. The van der Waals surface area contributed by atoms with E-state index in [4.69, 9.17) is 39.8 Å². The van der Waals surface area contributed by atoms with E-state index < -0.39 is 6.04 Å². The molecule has 2 heterocycles. The Bertz CT molecular complexity index is 1350. The first-order chi connectivity index (χ1) is 15.8. The summed E-state index contributed by atoms with van der Waals surface area (Å²) in [6.07, 6.45) is 0.650. The van der Waals surface area contributed by atoms with Crippen molar-refractivity contribution in [1.82, 2.24) is 0 Å². The van der Waals surface area contributed by atoms with Crippen molar-refractivity contribution in [3.63, 3.8) is 0 Å². The maximum atomic E-state index is 13.1. The molecular formula is C25H18Cl3N3O2. The van der Waals surface area contributed by atoms with Crippen LogP contribution in [-0.4, -0.2) is 30.6 Å². The van der Waals surface area contributed by atoms with Crippen molar-refractivity contribution in [2.75, 3.05) is 17.3 Å². The summed E-state index contributed by atoms with van der Waals surface area (Å²) in [6.45, 7) is 0. The Labute approximate surface area is 206 Å². The van der Waals surface area contributed by atoms with Crippen LogP contribution in [0.4, 0.5) is 11.4 Å². The Morgan fingerprint density at radius 1 is 1.06 bits per heavy atom. The average Bonchev–Trinajstić information content (AvgIpc) is 3.00. The highest BCUT2D eigenvalue weighted by molar-refractivity contribution is 6.42. The van der Waals surface area contributed by atoms with Gasteiger partial charge in [-0.05, 0) is 41.5 Å². The zero-order chi connectivity index (χ0) is 23.3. The van der Waals surface area contributed by atoms with Crippen molar-refractivity contribution in [3.05, 3.63) is 91.9 Å². The van der Waals surface area contributed by atoms with Gasteiger partial charge in [0, 0.05) is 35.3 Å². The molecule has 5 rings (SSSR count). The largest absolute Gasteiger partial charge is 0.324 e. The quantitative estimate of drug-likeness (QED) is 0.513. The number of amides is 2. The van der Waals surface area contributed by atoms with E-state index in [2.05, 4.69) is 5.32 Å². The normalized spacial score (nSPS) is 17.3. The summed E-state index contributed by atoms with van der Waals surface area (Å²) in [5.41, 5.74) is 5.26. The number of rotatable bonds is 3. The highest BCUT2D eigenvalue weighted by Crippen LogP contribution is 2.33. The molecule has 0 saturated heterocycles. The van der Waals surface area contributed by atoms with Crippen LogP contribution in [0.15, 0.2) is 59.6 Å². The molecule has 3 aromatic rings. The summed E-state index contributed by atoms with van der Waals surface area (Å²) in [7, 11) is 1.76. The third-order valence-electron chi connectivity index (χ3n) is 5.96. The van der Waals surface area contributed by atoms with Gasteiger partial charge in [0.1, 0.15) is 6.04 Å². The average molecular weight is 499 g/mol. The number of anilines is 2. The summed E-state index contributed by atoms with van der Waals surface area (Å²) in [4.78, 5) is 31.8. The molecule has 0 spiro atoms. The molecule has 0 fully saturated rings. The number of likely N-dealkylation sites (N-methyl/N-ethyl adjacent to an activating group) is 1. The molecule has 2 amide bonds. The summed E-state index contributed by atoms with van der Waals surface area (Å²) in [5, 5.41) is 4.33. The first kappa shape index (κ1) is 22.0. The third-order valence-corrected chi connectivity index (χ3v) is 7.06. The van der Waals surface area contributed by atoms with E-state index in [1.54, 1.807) is 42.3 Å². The molecule has 2 aliphatic rings. The number of aliphatic imine (C=N–C) groups is 1. The molecule has 166 valence electrons. The lowest BCUT2D eigenvalue weighted by molar-refractivity contribution is -0.118. The molecule has 1 atom stereocenters. The fourth-order valence-corrected chi connectivity index (χ4v) is 4.76. The molecule has 3 aromatic carbocycles. The summed E-state index contributed by atoms with van der Waals surface area (Å²) < 4.78 is 0. The number of hydrogen-bond acceptors (Lipinski definition) is 3. The van der Waals surface area contributed by atoms with Crippen LogP contribution in [0.1, 0.15) is 22.3 Å².